The molecular weight excluding hydrogens is 388 g/mol. The van der Waals surface area contributed by atoms with Crippen molar-refractivity contribution >= 4 is 28.8 Å². The number of nitrogens with zero attached hydrogens (tertiary/aromatic N) is 2. The summed E-state index contributed by atoms with van der Waals surface area (Å²) in [5.74, 6) is 1.50. The van der Waals surface area contributed by atoms with Crippen LogP contribution in [0.25, 0.3) is 5.70 Å². The van der Waals surface area contributed by atoms with Crippen LogP contribution in [0.5, 0.6) is 5.75 Å². The van der Waals surface area contributed by atoms with Gasteiger partial charge in [-0.1, -0.05) is 6.07 Å². The summed E-state index contributed by atoms with van der Waals surface area (Å²) in [5.41, 5.74) is 9.33. The van der Waals surface area contributed by atoms with Gasteiger partial charge in [-0.3, -0.25) is 9.79 Å². The number of rotatable bonds is 7. The molecule has 0 bridgehead atoms. The summed E-state index contributed by atoms with van der Waals surface area (Å²) < 4.78 is 10.9. The van der Waals surface area contributed by atoms with E-state index in [1.807, 2.05) is 18.4 Å². The largest absolute Gasteiger partial charge is 0.467 e. The van der Waals surface area contributed by atoms with Crippen LogP contribution in [0.4, 0.5) is 0 Å². The van der Waals surface area contributed by atoms with E-state index in [-0.39, 0.29) is 11.9 Å². The fourth-order valence-electron chi connectivity index (χ4n) is 3.38. The predicted molar refractivity (Wildman–Crippen MR) is 113 cm³/mol. The summed E-state index contributed by atoms with van der Waals surface area (Å²) in [6.07, 6.45) is 4.86. The number of amidine groups is 1. The summed E-state index contributed by atoms with van der Waals surface area (Å²) in [7, 11) is 0. The van der Waals surface area contributed by atoms with Crippen molar-refractivity contribution in [2.75, 3.05) is 6.79 Å². The standard InChI is InChI=1S/C21H24N4O3S/c1-13-11-29-21(23-13)17-9-16(24-20(25-17)5-3-2-4-19(22)26)14-6-7-18-15(8-14)10-27-12-28-18/h6-9,11,16H,2-5,10,12H2,1H3,(H2,22,26)(H,24,25). The van der Waals surface area contributed by atoms with Crippen molar-refractivity contribution in [2.24, 2.45) is 10.7 Å². The highest BCUT2D eigenvalue weighted by atomic mass is 32.1. The van der Waals surface area contributed by atoms with Gasteiger partial charge in [0.1, 0.15) is 16.6 Å². The molecule has 2 aliphatic heterocycles. The Morgan fingerprint density at radius 2 is 2.28 bits per heavy atom. The molecule has 1 atom stereocenters. The molecule has 0 aliphatic carbocycles. The third kappa shape index (κ3) is 4.83. The molecular formula is C21H24N4O3S. The monoisotopic (exact) mass is 412 g/mol. The lowest BCUT2D eigenvalue weighted by Gasteiger charge is -2.23. The van der Waals surface area contributed by atoms with Gasteiger partial charge in [0.25, 0.3) is 0 Å². The van der Waals surface area contributed by atoms with Crippen molar-refractivity contribution in [3.63, 3.8) is 0 Å². The van der Waals surface area contributed by atoms with Gasteiger partial charge < -0.3 is 20.5 Å². The minimum atomic E-state index is -0.265. The number of amides is 1. The molecule has 3 N–H and O–H groups in total. The SMILES string of the molecule is Cc1csc(C2=CC(c3ccc4c(c3)COCO4)N=C(CCCCC(N)=O)N2)n1. The third-order valence-corrected chi connectivity index (χ3v) is 5.81. The first-order valence-electron chi connectivity index (χ1n) is 9.68. The van der Waals surface area contributed by atoms with Crippen molar-refractivity contribution in [2.45, 2.75) is 45.3 Å². The van der Waals surface area contributed by atoms with Gasteiger partial charge in [-0.05, 0) is 43.5 Å². The van der Waals surface area contributed by atoms with E-state index in [2.05, 4.69) is 28.5 Å². The Bertz CT molecular complexity index is 967. The number of primary amides is 1. The molecule has 7 nitrogen and oxygen atoms in total. The number of ether oxygens (including phenoxy) is 2. The van der Waals surface area contributed by atoms with Crippen LogP contribution in [0.15, 0.2) is 34.6 Å². The van der Waals surface area contributed by atoms with Gasteiger partial charge in [0.15, 0.2) is 6.79 Å². The number of aromatic nitrogens is 1. The molecule has 1 unspecified atom stereocenters. The van der Waals surface area contributed by atoms with Gasteiger partial charge in [0.2, 0.25) is 5.91 Å². The number of carbonyl (C=O) groups is 1. The number of fused-ring (bicyclic) bond motifs is 1. The smallest absolute Gasteiger partial charge is 0.217 e. The maximum absolute atomic E-state index is 11.0. The second-order valence-corrected chi connectivity index (χ2v) is 8.03. The zero-order valence-electron chi connectivity index (χ0n) is 16.3. The molecule has 8 heteroatoms. The first-order chi connectivity index (χ1) is 14.1. The van der Waals surface area contributed by atoms with Crippen LogP contribution >= 0.6 is 11.3 Å². The summed E-state index contributed by atoms with van der Waals surface area (Å²) in [6.45, 7) is 2.82. The van der Waals surface area contributed by atoms with Crippen LogP contribution in [-0.2, 0) is 16.1 Å². The van der Waals surface area contributed by atoms with Gasteiger partial charge in [0, 0.05) is 29.5 Å². The van der Waals surface area contributed by atoms with Gasteiger partial charge in [-0.2, -0.15) is 0 Å². The normalized spacial score (nSPS) is 18.2. The molecule has 0 radical (unpaired) electrons. The van der Waals surface area contributed by atoms with Crippen LogP contribution in [0.2, 0.25) is 0 Å². The zero-order chi connectivity index (χ0) is 20.2. The van der Waals surface area contributed by atoms with E-state index in [0.29, 0.717) is 19.8 Å². The molecule has 0 saturated carbocycles. The van der Waals surface area contributed by atoms with E-state index in [4.69, 9.17) is 20.2 Å². The van der Waals surface area contributed by atoms with Crippen molar-refractivity contribution in [1.82, 2.24) is 10.3 Å². The second-order valence-electron chi connectivity index (χ2n) is 7.17. The number of aliphatic imine (C=N–C) groups is 1. The highest BCUT2D eigenvalue weighted by Gasteiger charge is 2.21. The summed E-state index contributed by atoms with van der Waals surface area (Å²) in [4.78, 5) is 20.5. The molecule has 0 spiro atoms. The number of carbonyl (C=O) groups excluding carboxylic acids is 1. The quantitative estimate of drug-likeness (QED) is 0.679. The lowest BCUT2D eigenvalue weighted by molar-refractivity contribution is -0.118. The lowest BCUT2D eigenvalue weighted by atomic mass is 10.0. The number of nitrogens with two attached hydrogens (primary N) is 1. The molecule has 29 heavy (non-hydrogen) atoms. The number of thiazole rings is 1. The number of unbranched alkanes of at least 4 members (excludes halogenated alkanes) is 1. The molecule has 0 fully saturated rings. The highest BCUT2D eigenvalue weighted by Crippen LogP contribution is 2.32. The fraction of sp³-hybridized carbons (Fsp3) is 0.381. The van der Waals surface area contributed by atoms with E-state index in [1.54, 1.807) is 11.3 Å². The van der Waals surface area contributed by atoms with E-state index >= 15 is 0 Å². The number of hydrogen-bond acceptors (Lipinski definition) is 7. The Morgan fingerprint density at radius 3 is 3.07 bits per heavy atom. The molecule has 2 aromatic rings. The maximum Gasteiger partial charge on any atom is 0.217 e. The third-order valence-electron chi connectivity index (χ3n) is 4.82. The summed E-state index contributed by atoms with van der Waals surface area (Å²) >= 11 is 1.61. The van der Waals surface area contributed by atoms with Crippen LogP contribution in [0.1, 0.15) is 53.6 Å². The predicted octanol–water partition coefficient (Wildman–Crippen LogP) is 3.45. The molecule has 1 aromatic carbocycles. The average molecular weight is 413 g/mol. The fourth-order valence-corrected chi connectivity index (χ4v) is 4.16. The van der Waals surface area contributed by atoms with Crippen molar-refractivity contribution in [3.8, 4) is 5.75 Å². The highest BCUT2D eigenvalue weighted by molar-refractivity contribution is 7.10. The van der Waals surface area contributed by atoms with E-state index in [0.717, 1.165) is 58.4 Å². The lowest BCUT2D eigenvalue weighted by Crippen LogP contribution is -2.27. The number of nitrogens with one attached hydrogen (secondary N) is 1. The minimum Gasteiger partial charge on any atom is -0.467 e. The van der Waals surface area contributed by atoms with Gasteiger partial charge in [-0.15, -0.1) is 11.3 Å². The summed E-state index contributed by atoms with van der Waals surface area (Å²) in [6, 6.07) is 6.02. The maximum atomic E-state index is 11.0. The van der Waals surface area contributed by atoms with Crippen molar-refractivity contribution < 1.29 is 14.3 Å². The first-order valence-corrected chi connectivity index (χ1v) is 10.6. The number of aryl methyl sites for hydroxylation is 1. The molecule has 3 heterocycles. The second kappa shape index (κ2) is 8.75. The van der Waals surface area contributed by atoms with Gasteiger partial charge in [0.05, 0.1) is 18.3 Å². The van der Waals surface area contributed by atoms with Gasteiger partial charge >= 0.3 is 0 Å². The van der Waals surface area contributed by atoms with E-state index < -0.39 is 0 Å². The Kier molecular flexibility index (Phi) is 5.92. The Morgan fingerprint density at radius 1 is 1.38 bits per heavy atom. The number of hydrogen-bond donors (Lipinski definition) is 2. The van der Waals surface area contributed by atoms with Gasteiger partial charge in [-0.25, -0.2) is 4.98 Å². The minimum absolute atomic E-state index is 0.117. The molecule has 1 aromatic heterocycles. The molecule has 1 amide bonds. The van der Waals surface area contributed by atoms with Crippen LogP contribution < -0.4 is 15.8 Å². The van der Waals surface area contributed by atoms with Crippen LogP contribution in [0, 0.1) is 6.92 Å². The molecule has 2 aliphatic rings. The van der Waals surface area contributed by atoms with E-state index in [9.17, 15) is 4.79 Å². The van der Waals surface area contributed by atoms with Crippen molar-refractivity contribution in [3.05, 3.63) is 51.5 Å². The Hall–Kier alpha value is -2.71. The van der Waals surface area contributed by atoms with Crippen LogP contribution in [-0.4, -0.2) is 23.5 Å². The molecule has 0 saturated heterocycles. The van der Waals surface area contributed by atoms with Crippen LogP contribution in [0.3, 0.4) is 0 Å². The van der Waals surface area contributed by atoms with E-state index in [1.165, 1.54) is 0 Å². The number of benzene rings is 1. The molecule has 4 rings (SSSR count). The molecule has 152 valence electrons. The topological polar surface area (TPSA) is 98.8 Å². The average Bonchev–Trinajstić information content (AvgIpc) is 3.17. The zero-order valence-corrected chi connectivity index (χ0v) is 17.1. The Balaban J connectivity index is 1.58. The Labute approximate surface area is 173 Å². The van der Waals surface area contributed by atoms with Crippen molar-refractivity contribution in [1.29, 1.82) is 0 Å². The summed E-state index contributed by atoms with van der Waals surface area (Å²) in [5, 5.41) is 6.41. The first kappa shape index (κ1) is 19.6.